The van der Waals surface area contributed by atoms with Gasteiger partial charge in [0.2, 0.25) is 5.91 Å². The largest absolute Gasteiger partial charge is 0.490 e. The molecule has 0 aromatic heterocycles. The van der Waals surface area contributed by atoms with Gasteiger partial charge in [-0.25, -0.2) is 0 Å². The van der Waals surface area contributed by atoms with Gasteiger partial charge in [0, 0.05) is 6.54 Å². The predicted molar refractivity (Wildman–Crippen MR) is 123 cm³/mol. The molecule has 0 saturated carbocycles. The van der Waals surface area contributed by atoms with E-state index in [1.165, 1.54) is 0 Å². The average molecular weight is 447 g/mol. The monoisotopic (exact) mass is 446 g/mol. The van der Waals surface area contributed by atoms with E-state index in [-0.39, 0.29) is 17.7 Å². The Bertz CT molecular complexity index is 886. The number of rotatable bonds is 11. The van der Waals surface area contributed by atoms with Crippen LogP contribution >= 0.6 is 11.6 Å². The smallest absolute Gasteiger partial charge is 0.253 e. The van der Waals surface area contributed by atoms with Crippen molar-refractivity contribution >= 4 is 23.4 Å². The van der Waals surface area contributed by atoms with Gasteiger partial charge in [0.1, 0.15) is 6.04 Å². The van der Waals surface area contributed by atoms with Gasteiger partial charge in [-0.05, 0) is 56.0 Å². The van der Waals surface area contributed by atoms with Crippen LogP contribution in [0.2, 0.25) is 5.02 Å². The minimum Gasteiger partial charge on any atom is -0.490 e. The molecule has 168 valence electrons. The summed E-state index contributed by atoms with van der Waals surface area (Å²) in [5.41, 5.74) is 1.37. The molecule has 0 radical (unpaired) electrons. The lowest BCUT2D eigenvalue weighted by Gasteiger charge is -2.22. The maximum absolute atomic E-state index is 12.7. The highest BCUT2D eigenvalue weighted by Crippen LogP contribution is 2.28. The second-order valence-electron chi connectivity index (χ2n) is 7.36. The fourth-order valence-electron chi connectivity index (χ4n) is 3.09. The molecule has 0 spiro atoms. The van der Waals surface area contributed by atoms with E-state index < -0.39 is 6.04 Å². The number of carbonyl (C=O) groups is 2. The number of halogens is 1. The number of hydrogen-bond acceptors (Lipinski definition) is 4. The number of ether oxygens (including phenoxy) is 2. The number of nitrogens with one attached hydrogen (secondary N) is 2. The van der Waals surface area contributed by atoms with Crippen LogP contribution in [0, 0.1) is 5.92 Å². The molecule has 0 bridgehead atoms. The molecule has 2 aromatic carbocycles. The van der Waals surface area contributed by atoms with Crippen LogP contribution in [-0.4, -0.2) is 37.6 Å². The summed E-state index contributed by atoms with van der Waals surface area (Å²) in [7, 11) is 0. The molecule has 2 amide bonds. The van der Waals surface area contributed by atoms with E-state index in [0.717, 1.165) is 5.56 Å². The third-order valence-corrected chi connectivity index (χ3v) is 5.00. The third kappa shape index (κ3) is 7.17. The quantitative estimate of drug-likeness (QED) is 0.541. The van der Waals surface area contributed by atoms with Gasteiger partial charge >= 0.3 is 0 Å². The van der Waals surface area contributed by atoms with E-state index >= 15 is 0 Å². The Hall–Kier alpha value is -2.73. The minimum absolute atomic E-state index is 0.0820. The van der Waals surface area contributed by atoms with E-state index in [1.54, 1.807) is 24.3 Å². The highest BCUT2D eigenvalue weighted by molar-refractivity contribution is 6.33. The van der Waals surface area contributed by atoms with Gasteiger partial charge in [-0.2, -0.15) is 0 Å². The molecule has 1 unspecified atom stereocenters. The molecule has 7 heteroatoms. The highest BCUT2D eigenvalue weighted by Gasteiger charge is 2.25. The first-order chi connectivity index (χ1) is 14.9. The fraction of sp³-hybridized carbons (Fsp3) is 0.417. The number of benzene rings is 2. The van der Waals surface area contributed by atoms with Crippen molar-refractivity contribution in [3.05, 3.63) is 58.6 Å². The zero-order valence-corrected chi connectivity index (χ0v) is 19.3. The molecule has 2 aromatic rings. The van der Waals surface area contributed by atoms with Gasteiger partial charge in [-0.1, -0.05) is 43.6 Å². The summed E-state index contributed by atoms with van der Waals surface area (Å²) in [6.45, 7) is 9.16. The lowest BCUT2D eigenvalue weighted by molar-refractivity contribution is -0.123. The van der Waals surface area contributed by atoms with E-state index in [9.17, 15) is 9.59 Å². The molecule has 1 atom stereocenters. The molecular weight excluding hydrogens is 416 g/mol. The van der Waals surface area contributed by atoms with E-state index in [4.69, 9.17) is 21.1 Å². The Balaban J connectivity index is 1.97. The zero-order chi connectivity index (χ0) is 22.8. The summed E-state index contributed by atoms with van der Waals surface area (Å²) in [5.74, 6) is 0.722. The molecule has 2 N–H and O–H groups in total. The summed E-state index contributed by atoms with van der Waals surface area (Å²) in [5, 5.41) is 6.06. The summed E-state index contributed by atoms with van der Waals surface area (Å²) < 4.78 is 11.2. The first-order valence-electron chi connectivity index (χ1n) is 10.6. The molecule has 2 rings (SSSR count). The van der Waals surface area contributed by atoms with Crippen molar-refractivity contribution < 1.29 is 19.1 Å². The first-order valence-corrected chi connectivity index (χ1v) is 11.0. The molecule has 0 aliphatic heterocycles. The SMILES string of the molecule is CCOc1ccc(CCNC(=O)C(NC(=O)c2ccccc2Cl)C(C)C)cc1OCC. The van der Waals surface area contributed by atoms with Crippen molar-refractivity contribution in [1.82, 2.24) is 10.6 Å². The van der Waals surface area contributed by atoms with Crippen molar-refractivity contribution in [2.75, 3.05) is 19.8 Å². The van der Waals surface area contributed by atoms with Gasteiger partial charge < -0.3 is 20.1 Å². The Morgan fingerprint density at radius 2 is 1.68 bits per heavy atom. The minimum atomic E-state index is -0.664. The van der Waals surface area contributed by atoms with Crippen LogP contribution in [0.25, 0.3) is 0 Å². The van der Waals surface area contributed by atoms with Gasteiger partial charge in [-0.3, -0.25) is 9.59 Å². The number of hydrogen-bond donors (Lipinski definition) is 2. The maximum Gasteiger partial charge on any atom is 0.253 e. The Morgan fingerprint density at radius 3 is 2.32 bits per heavy atom. The van der Waals surface area contributed by atoms with Crippen LogP contribution in [0.5, 0.6) is 11.5 Å². The normalized spacial score (nSPS) is 11.7. The molecular formula is C24H31ClN2O4. The summed E-state index contributed by atoms with van der Waals surface area (Å²) in [6, 6.07) is 11.9. The standard InChI is InChI=1S/C24H31ClN2O4/c1-5-30-20-12-11-17(15-21(20)31-6-2)13-14-26-24(29)22(16(3)4)27-23(28)18-9-7-8-10-19(18)25/h7-12,15-16,22H,5-6,13-14H2,1-4H3,(H,26,29)(H,27,28). The number of carbonyl (C=O) groups excluding carboxylic acids is 2. The second kappa shape index (κ2) is 12.2. The summed E-state index contributed by atoms with van der Waals surface area (Å²) in [4.78, 5) is 25.3. The lowest BCUT2D eigenvalue weighted by atomic mass is 10.0. The van der Waals surface area contributed by atoms with E-state index in [0.29, 0.717) is 48.3 Å². The average Bonchev–Trinajstić information content (AvgIpc) is 2.74. The fourth-order valence-corrected chi connectivity index (χ4v) is 3.31. The maximum atomic E-state index is 12.7. The topological polar surface area (TPSA) is 76.7 Å². The molecule has 0 heterocycles. The Morgan fingerprint density at radius 1 is 1.00 bits per heavy atom. The van der Waals surface area contributed by atoms with Gasteiger partial charge in [-0.15, -0.1) is 0 Å². The van der Waals surface area contributed by atoms with Crippen LogP contribution in [0.15, 0.2) is 42.5 Å². The molecule has 6 nitrogen and oxygen atoms in total. The summed E-state index contributed by atoms with van der Waals surface area (Å²) >= 11 is 6.10. The first kappa shape index (κ1) is 24.5. The van der Waals surface area contributed by atoms with Crippen LogP contribution in [0.4, 0.5) is 0 Å². The van der Waals surface area contributed by atoms with Gasteiger partial charge in [0.05, 0.1) is 23.8 Å². The molecule has 0 aliphatic carbocycles. The van der Waals surface area contributed by atoms with Gasteiger partial charge in [0.15, 0.2) is 11.5 Å². The molecule has 31 heavy (non-hydrogen) atoms. The number of amides is 2. The third-order valence-electron chi connectivity index (χ3n) is 4.67. The van der Waals surface area contributed by atoms with Crippen molar-refractivity contribution in [3.63, 3.8) is 0 Å². The summed E-state index contributed by atoms with van der Waals surface area (Å²) in [6.07, 6.45) is 0.626. The highest BCUT2D eigenvalue weighted by atomic mass is 35.5. The van der Waals surface area contributed by atoms with Crippen molar-refractivity contribution in [3.8, 4) is 11.5 Å². The van der Waals surface area contributed by atoms with Crippen LogP contribution in [0.3, 0.4) is 0 Å². The molecule has 0 fully saturated rings. The lowest BCUT2D eigenvalue weighted by Crippen LogP contribution is -2.50. The predicted octanol–water partition coefficient (Wildman–Crippen LogP) is 4.25. The van der Waals surface area contributed by atoms with Gasteiger partial charge in [0.25, 0.3) is 5.91 Å². The van der Waals surface area contributed by atoms with E-state index in [1.807, 2.05) is 45.9 Å². The van der Waals surface area contributed by atoms with E-state index in [2.05, 4.69) is 10.6 Å². The van der Waals surface area contributed by atoms with Crippen LogP contribution < -0.4 is 20.1 Å². The van der Waals surface area contributed by atoms with Crippen LogP contribution in [-0.2, 0) is 11.2 Å². The van der Waals surface area contributed by atoms with Crippen LogP contribution in [0.1, 0.15) is 43.6 Å². The van der Waals surface area contributed by atoms with Crippen molar-refractivity contribution in [1.29, 1.82) is 0 Å². The Kier molecular flexibility index (Phi) is 9.66. The van der Waals surface area contributed by atoms with Crippen molar-refractivity contribution in [2.24, 2.45) is 5.92 Å². The molecule has 0 aliphatic rings. The van der Waals surface area contributed by atoms with Crippen molar-refractivity contribution in [2.45, 2.75) is 40.2 Å². The Labute approximate surface area is 189 Å². The molecule has 0 saturated heterocycles. The second-order valence-corrected chi connectivity index (χ2v) is 7.77. The zero-order valence-electron chi connectivity index (χ0n) is 18.5.